The van der Waals surface area contributed by atoms with Crippen LogP contribution in [-0.4, -0.2) is 74.0 Å². The standard InChI is InChI=1S/C13H26O2.C11H20O2.C9H14F4O2.C7H8F4O2/c1-8-13(6,7)12(14)15-11(9(2)3)10(4)5;1-7(2)10(8(3)4)13-11(12)9(5)6;1-4-8(2,3)7(14)15-5-9(12,13)6(10)11;1-4(2)5(12)13-3-7(10,11)6(8)9/h9-11H,8H2,1-7H3;7-8,10H,5H2,1-4,6H3;6H,4-5H2,1-3H3;6H,1,3H2,2H3. The second-order valence-electron chi connectivity index (χ2n) is 16.0. The van der Waals surface area contributed by atoms with Crippen LogP contribution in [0.15, 0.2) is 24.3 Å². The van der Waals surface area contributed by atoms with Gasteiger partial charge in [0.05, 0.1) is 10.8 Å². The molecule has 0 aromatic heterocycles. The quantitative estimate of drug-likeness (QED) is 0.0582. The van der Waals surface area contributed by atoms with Crippen LogP contribution in [0.25, 0.3) is 0 Å². The van der Waals surface area contributed by atoms with E-state index in [1.54, 1.807) is 13.8 Å². The van der Waals surface area contributed by atoms with Crippen molar-refractivity contribution in [3.63, 3.8) is 0 Å². The minimum absolute atomic E-state index is 0.0100. The predicted octanol–water partition coefficient (Wildman–Crippen LogP) is 11.3. The number of carbonyl (C=O) groups is 4. The maximum atomic E-state index is 12.4. The highest BCUT2D eigenvalue weighted by molar-refractivity contribution is 5.87. The molecule has 0 heterocycles. The van der Waals surface area contributed by atoms with Gasteiger partial charge < -0.3 is 18.9 Å². The molecule has 0 unspecified atom stereocenters. The smallest absolute Gasteiger partial charge is 0.340 e. The van der Waals surface area contributed by atoms with E-state index in [2.05, 4.69) is 78.0 Å². The van der Waals surface area contributed by atoms with Crippen LogP contribution in [0.5, 0.6) is 0 Å². The molecule has 332 valence electrons. The first-order chi connectivity index (χ1) is 25.0. The van der Waals surface area contributed by atoms with Gasteiger partial charge in [0.1, 0.15) is 12.2 Å². The molecule has 0 fully saturated rings. The molecular formula is C40H68F8O8. The van der Waals surface area contributed by atoms with Gasteiger partial charge in [-0.1, -0.05) is 82.4 Å². The summed E-state index contributed by atoms with van der Waals surface area (Å²) in [5.74, 6) is -9.49. The number of esters is 4. The number of halogens is 8. The maximum Gasteiger partial charge on any atom is 0.340 e. The first-order valence-electron chi connectivity index (χ1n) is 18.4. The lowest BCUT2D eigenvalue weighted by Crippen LogP contribution is -2.36. The topological polar surface area (TPSA) is 105 Å². The summed E-state index contributed by atoms with van der Waals surface area (Å²) < 4.78 is 114. The summed E-state index contributed by atoms with van der Waals surface area (Å²) >= 11 is 0. The SMILES string of the molecule is C=C(C)C(=O)OC(C(C)C)C(C)C.C=C(C)C(=O)OCC(F)(F)C(F)F.CCC(C)(C)C(=O)OC(C(C)C)C(C)C.CCC(C)(C)C(=O)OCC(F)(F)C(F)F. The highest BCUT2D eigenvalue weighted by Crippen LogP contribution is 2.28. The fourth-order valence-electron chi connectivity index (χ4n) is 3.65. The minimum atomic E-state index is -4.30. The summed E-state index contributed by atoms with van der Waals surface area (Å²) in [7, 11) is 0. The first kappa shape index (κ1) is 59.5. The van der Waals surface area contributed by atoms with Gasteiger partial charge in [-0.2, -0.15) is 17.6 Å². The molecule has 0 aromatic rings. The third-order valence-electron chi connectivity index (χ3n) is 8.11. The Kier molecular flexibility index (Phi) is 28.3. The van der Waals surface area contributed by atoms with Gasteiger partial charge in [0, 0.05) is 11.1 Å². The summed E-state index contributed by atoms with van der Waals surface area (Å²) in [6.07, 6.45) is -6.45. The number of hydrogen-bond acceptors (Lipinski definition) is 8. The van der Waals surface area contributed by atoms with Gasteiger partial charge >= 0.3 is 48.6 Å². The molecule has 0 N–H and O–H groups in total. The van der Waals surface area contributed by atoms with Crippen LogP contribution in [0, 0.1) is 34.5 Å². The normalized spacial score (nSPS) is 12.1. The molecule has 0 aromatic carbocycles. The zero-order chi connectivity index (χ0) is 45.7. The van der Waals surface area contributed by atoms with Gasteiger partial charge in [-0.25, -0.2) is 27.2 Å². The minimum Gasteiger partial charge on any atom is -0.461 e. The lowest BCUT2D eigenvalue weighted by molar-refractivity contribution is -0.186. The molecule has 0 rings (SSSR count). The van der Waals surface area contributed by atoms with Crippen LogP contribution < -0.4 is 0 Å². The summed E-state index contributed by atoms with van der Waals surface area (Å²) in [6.45, 7) is 33.5. The predicted molar refractivity (Wildman–Crippen MR) is 201 cm³/mol. The third kappa shape index (κ3) is 25.1. The molecule has 16 heteroatoms. The Morgan fingerprint density at radius 1 is 0.518 bits per heavy atom. The van der Waals surface area contributed by atoms with E-state index in [-0.39, 0.29) is 35.1 Å². The van der Waals surface area contributed by atoms with E-state index in [9.17, 15) is 54.3 Å². The summed E-state index contributed by atoms with van der Waals surface area (Å²) in [5, 5.41) is 0. The lowest BCUT2D eigenvalue weighted by Gasteiger charge is -2.29. The first-order valence-corrected chi connectivity index (χ1v) is 18.4. The maximum absolute atomic E-state index is 12.4. The van der Waals surface area contributed by atoms with Gasteiger partial charge in [-0.3, -0.25) is 9.59 Å². The van der Waals surface area contributed by atoms with Crippen molar-refractivity contribution in [2.24, 2.45) is 34.5 Å². The summed E-state index contributed by atoms with van der Waals surface area (Å²) in [6, 6.07) is 0. The second kappa shape index (κ2) is 26.7. The fourth-order valence-corrected chi connectivity index (χ4v) is 3.65. The number of ether oxygens (including phenoxy) is 4. The van der Waals surface area contributed by atoms with Crippen molar-refractivity contribution >= 4 is 23.9 Å². The Morgan fingerprint density at radius 3 is 1.07 bits per heavy atom. The monoisotopic (exact) mass is 828 g/mol. The fraction of sp³-hybridized carbons (Fsp3) is 0.800. The average Bonchev–Trinajstić information content (AvgIpc) is 3.06. The van der Waals surface area contributed by atoms with Crippen molar-refractivity contribution in [2.45, 2.75) is 161 Å². The Labute approximate surface area is 329 Å². The van der Waals surface area contributed by atoms with Gasteiger partial charge in [0.15, 0.2) is 13.2 Å². The number of hydrogen-bond donors (Lipinski definition) is 0. The molecule has 0 amide bonds. The number of rotatable bonds is 18. The molecular weight excluding hydrogens is 760 g/mol. The Balaban J connectivity index is -0.000000323. The van der Waals surface area contributed by atoms with Crippen molar-refractivity contribution in [2.75, 3.05) is 13.2 Å². The zero-order valence-corrected chi connectivity index (χ0v) is 36.2. The largest absolute Gasteiger partial charge is 0.461 e. The zero-order valence-electron chi connectivity index (χ0n) is 36.2. The van der Waals surface area contributed by atoms with Crippen LogP contribution in [0.1, 0.15) is 124 Å². The Morgan fingerprint density at radius 2 is 0.804 bits per heavy atom. The molecule has 0 saturated heterocycles. The number of carbonyl (C=O) groups excluding carboxylic acids is 4. The van der Waals surface area contributed by atoms with E-state index >= 15 is 0 Å². The highest BCUT2D eigenvalue weighted by Gasteiger charge is 2.44. The van der Waals surface area contributed by atoms with E-state index < -0.39 is 55.3 Å². The highest BCUT2D eigenvalue weighted by atomic mass is 19.3. The summed E-state index contributed by atoms with van der Waals surface area (Å²) in [4.78, 5) is 44.8. The molecule has 56 heavy (non-hydrogen) atoms. The van der Waals surface area contributed by atoms with Gasteiger partial charge in [0.25, 0.3) is 0 Å². The molecule has 0 saturated carbocycles. The Bertz CT molecular complexity index is 1200. The third-order valence-corrected chi connectivity index (χ3v) is 8.11. The molecule has 8 nitrogen and oxygen atoms in total. The molecule has 0 radical (unpaired) electrons. The van der Waals surface area contributed by atoms with Crippen molar-refractivity contribution in [3.05, 3.63) is 24.3 Å². The van der Waals surface area contributed by atoms with E-state index in [1.165, 1.54) is 20.8 Å². The van der Waals surface area contributed by atoms with E-state index in [0.717, 1.165) is 6.42 Å². The molecule has 0 atom stereocenters. The van der Waals surface area contributed by atoms with Crippen LogP contribution in [-0.2, 0) is 38.1 Å². The Hall–Kier alpha value is -3.20. The average molecular weight is 829 g/mol. The molecule has 0 aliphatic rings. The van der Waals surface area contributed by atoms with E-state index in [4.69, 9.17) is 9.47 Å². The number of alkyl halides is 8. The van der Waals surface area contributed by atoms with Crippen molar-refractivity contribution in [1.29, 1.82) is 0 Å². The summed E-state index contributed by atoms with van der Waals surface area (Å²) in [5.41, 5.74) is -0.948. The van der Waals surface area contributed by atoms with Gasteiger partial charge in [-0.15, -0.1) is 0 Å². The molecule has 0 aliphatic heterocycles. The van der Waals surface area contributed by atoms with Gasteiger partial charge in [-0.05, 0) is 78.1 Å². The lowest BCUT2D eigenvalue weighted by atomic mass is 9.89. The van der Waals surface area contributed by atoms with Crippen LogP contribution in [0.3, 0.4) is 0 Å². The van der Waals surface area contributed by atoms with E-state index in [0.29, 0.717) is 35.7 Å². The molecule has 0 spiro atoms. The van der Waals surface area contributed by atoms with Crippen LogP contribution in [0.2, 0.25) is 0 Å². The van der Waals surface area contributed by atoms with Crippen molar-refractivity contribution in [1.82, 2.24) is 0 Å². The van der Waals surface area contributed by atoms with E-state index in [1.807, 2.05) is 20.8 Å². The molecule has 0 aliphatic carbocycles. The van der Waals surface area contributed by atoms with Crippen molar-refractivity contribution < 1.29 is 73.2 Å². The van der Waals surface area contributed by atoms with Crippen LogP contribution in [0.4, 0.5) is 35.1 Å². The second-order valence-corrected chi connectivity index (χ2v) is 16.0. The van der Waals surface area contributed by atoms with Crippen LogP contribution >= 0.6 is 0 Å². The van der Waals surface area contributed by atoms with Gasteiger partial charge in [0.2, 0.25) is 0 Å². The van der Waals surface area contributed by atoms with Crippen molar-refractivity contribution in [3.8, 4) is 0 Å². The molecule has 0 bridgehead atoms.